The first-order valence-electron chi connectivity index (χ1n) is 12.5. The fraction of sp³-hybridized carbons (Fsp3) is 0.393. The monoisotopic (exact) mass is 457 g/mol. The van der Waals surface area contributed by atoms with Gasteiger partial charge in [-0.3, -0.25) is 4.99 Å². The van der Waals surface area contributed by atoms with E-state index in [0.717, 1.165) is 67.4 Å². The number of anilines is 1. The molecule has 0 atom stereocenters. The zero-order valence-corrected chi connectivity index (χ0v) is 20.1. The van der Waals surface area contributed by atoms with Crippen molar-refractivity contribution < 1.29 is 4.74 Å². The predicted octanol–water partition coefficient (Wildman–Crippen LogP) is 5.65. The largest absolute Gasteiger partial charge is 0.463 e. The van der Waals surface area contributed by atoms with Crippen molar-refractivity contribution in [2.75, 3.05) is 25.0 Å². The number of aromatic nitrogens is 2. The van der Waals surface area contributed by atoms with Crippen molar-refractivity contribution in [2.24, 2.45) is 4.99 Å². The molecule has 2 heterocycles. The van der Waals surface area contributed by atoms with Gasteiger partial charge in [-0.15, -0.1) is 0 Å². The Balaban J connectivity index is 1.45. The van der Waals surface area contributed by atoms with E-state index in [0.29, 0.717) is 12.6 Å². The summed E-state index contributed by atoms with van der Waals surface area (Å²) in [6.07, 6.45) is 7.61. The third kappa shape index (κ3) is 7.30. The zero-order chi connectivity index (χ0) is 23.4. The molecule has 1 aliphatic heterocycles. The van der Waals surface area contributed by atoms with Crippen LogP contribution in [-0.4, -0.2) is 35.6 Å². The summed E-state index contributed by atoms with van der Waals surface area (Å²) < 4.78 is 5.97. The van der Waals surface area contributed by atoms with Gasteiger partial charge in [0.1, 0.15) is 0 Å². The topological polar surface area (TPSA) is 71.4 Å². The maximum Gasteiger partial charge on any atom is 0.317 e. The van der Waals surface area contributed by atoms with Crippen LogP contribution in [0.1, 0.15) is 50.3 Å². The fourth-order valence-corrected chi connectivity index (χ4v) is 3.97. The van der Waals surface area contributed by atoms with Gasteiger partial charge in [-0.1, -0.05) is 68.7 Å². The number of ether oxygens (including phenoxy) is 1. The molecule has 34 heavy (non-hydrogen) atoms. The van der Waals surface area contributed by atoms with E-state index >= 15 is 0 Å². The summed E-state index contributed by atoms with van der Waals surface area (Å²) in [6.45, 7) is 4.57. The molecule has 0 saturated heterocycles. The van der Waals surface area contributed by atoms with Crippen LogP contribution in [0.25, 0.3) is 11.3 Å². The van der Waals surface area contributed by atoms with Crippen molar-refractivity contribution in [3.63, 3.8) is 0 Å². The Kier molecular flexibility index (Phi) is 8.89. The third-order valence-electron chi connectivity index (χ3n) is 5.85. The Labute approximate surface area is 202 Å². The lowest BCUT2D eigenvalue weighted by molar-refractivity contribution is 0.281. The van der Waals surface area contributed by atoms with E-state index in [1.165, 1.54) is 24.8 Å². The molecule has 2 aromatic carbocycles. The van der Waals surface area contributed by atoms with Crippen LogP contribution in [0.3, 0.4) is 0 Å². The van der Waals surface area contributed by atoms with E-state index in [2.05, 4.69) is 83.2 Å². The Morgan fingerprint density at radius 2 is 1.76 bits per heavy atom. The maximum absolute atomic E-state index is 5.97. The van der Waals surface area contributed by atoms with Crippen LogP contribution in [0.15, 0.2) is 65.7 Å². The maximum atomic E-state index is 5.97. The number of unbranched alkanes of at least 4 members (excludes halogenated alkanes) is 3. The van der Waals surface area contributed by atoms with Crippen LogP contribution in [0.4, 0.5) is 5.69 Å². The Bertz CT molecular complexity index is 1050. The van der Waals surface area contributed by atoms with Gasteiger partial charge in [-0.05, 0) is 49.4 Å². The van der Waals surface area contributed by atoms with Crippen molar-refractivity contribution in [3.05, 3.63) is 71.9 Å². The van der Waals surface area contributed by atoms with Gasteiger partial charge in [0, 0.05) is 23.5 Å². The van der Waals surface area contributed by atoms with E-state index in [4.69, 9.17) is 14.7 Å². The number of nitrogens with zero attached hydrogens (tertiary/aromatic N) is 3. The van der Waals surface area contributed by atoms with Crippen molar-refractivity contribution in [1.82, 2.24) is 15.3 Å². The highest BCUT2D eigenvalue weighted by atomic mass is 16.5. The molecule has 6 nitrogen and oxygen atoms in total. The third-order valence-corrected chi connectivity index (χ3v) is 5.85. The van der Waals surface area contributed by atoms with Crippen molar-refractivity contribution >= 4 is 11.6 Å². The van der Waals surface area contributed by atoms with Crippen LogP contribution in [0.5, 0.6) is 6.01 Å². The normalized spacial score (nSPS) is 12.8. The molecule has 178 valence electrons. The van der Waals surface area contributed by atoms with Crippen LogP contribution >= 0.6 is 0 Å². The molecular formula is C28H35N5O. The van der Waals surface area contributed by atoms with Gasteiger partial charge in [-0.2, -0.15) is 4.98 Å². The van der Waals surface area contributed by atoms with Gasteiger partial charge in [0.15, 0.2) is 5.96 Å². The van der Waals surface area contributed by atoms with E-state index in [1.807, 2.05) is 0 Å². The smallest absolute Gasteiger partial charge is 0.317 e. The molecular weight excluding hydrogens is 422 g/mol. The minimum Gasteiger partial charge on any atom is -0.463 e. The standard InChI is InChI=1S/C28H35N5O/c1-2-3-4-8-20-34-28-32-25(13-9-12-22-10-6-5-7-11-22)21-26(33-28)23-14-16-24(17-15-23)31-27-29-18-19-30-27/h5-7,10-11,14-17,21H,2-4,8-9,12-13,18-20H2,1H3,(H2,29,30,31). The van der Waals surface area contributed by atoms with Crippen LogP contribution < -0.4 is 15.4 Å². The molecule has 2 N–H and O–H groups in total. The lowest BCUT2D eigenvalue weighted by Gasteiger charge is -2.11. The second-order valence-electron chi connectivity index (χ2n) is 8.63. The number of hydrogen-bond donors (Lipinski definition) is 2. The van der Waals surface area contributed by atoms with E-state index < -0.39 is 0 Å². The first kappa shape index (κ1) is 23.7. The Morgan fingerprint density at radius 1 is 0.912 bits per heavy atom. The summed E-state index contributed by atoms with van der Waals surface area (Å²) in [5.74, 6) is 0.828. The Morgan fingerprint density at radius 3 is 2.53 bits per heavy atom. The summed E-state index contributed by atoms with van der Waals surface area (Å²) in [4.78, 5) is 13.8. The van der Waals surface area contributed by atoms with E-state index in [1.54, 1.807) is 0 Å². The lowest BCUT2D eigenvalue weighted by atomic mass is 10.1. The average molecular weight is 458 g/mol. The summed E-state index contributed by atoms with van der Waals surface area (Å²) in [5.41, 5.74) is 5.33. The summed E-state index contributed by atoms with van der Waals surface area (Å²) >= 11 is 0. The minimum atomic E-state index is 0.482. The molecule has 1 aliphatic rings. The zero-order valence-electron chi connectivity index (χ0n) is 20.1. The predicted molar refractivity (Wildman–Crippen MR) is 139 cm³/mol. The van der Waals surface area contributed by atoms with Gasteiger partial charge in [0.25, 0.3) is 0 Å². The average Bonchev–Trinajstić information content (AvgIpc) is 3.38. The number of benzene rings is 2. The SMILES string of the molecule is CCCCCCOc1nc(CCCc2ccccc2)cc(-c2ccc(NC3=NCCN3)cc2)n1. The highest BCUT2D eigenvalue weighted by Crippen LogP contribution is 2.23. The summed E-state index contributed by atoms with van der Waals surface area (Å²) in [5, 5.41) is 6.54. The quantitative estimate of drug-likeness (QED) is 0.344. The van der Waals surface area contributed by atoms with Gasteiger partial charge in [-0.25, -0.2) is 4.98 Å². The lowest BCUT2D eigenvalue weighted by Crippen LogP contribution is -2.26. The van der Waals surface area contributed by atoms with E-state index in [-0.39, 0.29) is 0 Å². The van der Waals surface area contributed by atoms with Crippen molar-refractivity contribution in [3.8, 4) is 17.3 Å². The molecule has 1 aromatic heterocycles. The number of aryl methyl sites for hydroxylation is 2. The molecule has 0 saturated carbocycles. The van der Waals surface area contributed by atoms with Gasteiger partial charge >= 0.3 is 6.01 Å². The molecule has 0 aliphatic carbocycles. The molecule has 0 fully saturated rings. The molecule has 0 amide bonds. The van der Waals surface area contributed by atoms with Gasteiger partial charge < -0.3 is 15.4 Å². The molecule has 0 unspecified atom stereocenters. The summed E-state index contributed by atoms with van der Waals surface area (Å²) in [6, 6.07) is 21.5. The Hall–Kier alpha value is -3.41. The molecule has 6 heteroatoms. The molecule has 3 aromatic rings. The van der Waals surface area contributed by atoms with Crippen LogP contribution in [-0.2, 0) is 12.8 Å². The number of guanidine groups is 1. The number of rotatable bonds is 12. The minimum absolute atomic E-state index is 0.482. The van der Waals surface area contributed by atoms with Crippen LogP contribution in [0.2, 0.25) is 0 Å². The first-order chi connectivity index (χ1) is 16.8. The first-order valence-corrected chi connectivity index (χ1v) is 12.5. The molecule has 0 spiro atoms. The molecule has 0 bridgehead atoms. The van der Waals surface area contributed by atoms with Gasteiger partial charge in [0.05, 0.1) is 18.8 Å². The molecule has 4 rings (SSSR count). The second kappa shape index (κ2) is 12.7. The summed E-state index contributed by atoms with van der Waals surface area (Å²) in [7, 11) is 0. The van der Waals surface area contributed by atoms with Crippen molar-refractivity contribution in [1.29, 1.82) is 0 Å². The fourth-order valence-electron chi connectivity index (χ4n) is 3.97. The highest BCUT2D eigenvalue weighted by molar-refractivity contribution is 5.94. The van der Waals surface area contributed by atoms with Gasteiger partial charge in [0.2, 0.25) is 0 Å². The number of aliphatic imine (C=N–C) groups is 1. The van der Waals surface area contributed by atoms with E-state index in [9.17, 15) is 0 Å². The highest BCUT2D eigenvalue weighted by Gasteiger charge is 2.10. The van der Waals surface area contributed by atoms with Crippen LogP contribution in [0, 0.1) is 0 Å². The number of hydrogen-bond acceptors (Lipinski definition) is 6. The number of nitrogens with one attached hydrogen (secondary N) is 2. The van der Waals surface area contributed by atoms with Crippen molar-refractivity contribution in [2.45, 2.75) is 51.9 Å². The second-order valence-corrected chi connectivity index (χ2v) is 8.63. The molecule has 0 radical (unpaired) electrons.